The summed E-state index contributed by atoms with van der Waals surface area (Å²) in [7, 11) is 1.38. The van der Waals surface area contributed by atoms with Gasteiger partial charge in [-0.25, -0.2) is 0 Å². The number of esters is 1. The van der Waals surface area contributed by atoms with E-state index in [-0.39, 0.29) is 5.97 Å². The number of rotatable bonds is 4. The van der Waals surface area contributed by atoms with E-state index in [4.69, 9.17) is 0 Å². The van der Waals surface area contributed by atoms with Crippen molar-refractivity contribution in [1.29, 1.82) is 0 Å². The lowest BCUT2D eigenvalue weighted by atomic mass is 10.3. The van der Waals surface area contributed by atoms with Crippen molar-refractivity contribution in [2.45, 2.75) is 26.7 Å². The fourth-order valence-corrected chi connectivity index (χ4v) is 0.640. The van der Waals surface area contributed by atoms with E-state index in [2.05, 4.69) is 16.7 Å². The summed E-state index contributed by atoms with van der Waals surface area (Å²) in [6.45, 7) is 4.68. The average Bonchev–Trinajstić information content (AvgIpc) is 2.00. The van der Waals surface area contributed by atoms with Gasteiger partial charge in [0.15, 0.2) is 0 Å². The molecule has 64 valence electrons. The molecule has 0 rings (SSSR count). The van der Waals surface area contributed by atoms with Crippen molar-refractivity contribution in [3.63, 3.8) is 0 Å². The number of ether oxygens (including phenoxy) is 1. The van der Waals surface area contributed by atoms with Crippen molar-refractivity contribution in [2.75, 3.05) is 13.7 Å². The lowest BCUT2D eigenvalue weighted by Gasteiger charge is -1.97. The van der Waals surface area contributed by atoms with E-state index in [9.17, 15) is 4.79 Å². The highest BCUT2D eigenvalue weighted by molar-refractivity contribution is 5.97. The minimum absolute atomic E-state index is 0.220. The number of hydrogen-bond acceptors (Lipinski definition) is 3. The van der Waals surface area contributed by atoms with Crippen LogP contribution in [0.2, 0.25) is 0 Å². The highest BCUT2D eigenvalue weighted by Crippen LogP contribution is 1.90. The largest absolute Gasteiger partial charge is 0.469 e. The molecule has 0 aliphatic rings. The zero-order valence-corrected chi connectivity index (χ0v) is 7.39. The first kappa shape index (κ1) is 10.1. The van der Waals surface area contributed by atoms with Crippen LogP contribution in [0.25, 0.3) is 0 Å². The van der Waals surface area contributed by atoms with Crippen LogP contribution in [0.4, 0.5) is 0 Å². The molecule has 0 heterocycles. The van der Waals surface area contributed by atoms with Crippen molar-refractivity contribution in [3.8, 4) is 0 Å². The van der Waals surface area contributed by atoms with Gasteiger partial charge in [0, 0.05) is 12.3 Å². The summed E-state index contributed by atoms with van der Waals surface area (Å²) < 4.78 is 4.48. The van der Waals surface area contributed by atoms with Crippen LogP contribution < -0.4 is 0 Å². The highest BCUT2D eigenvalue weighted by Gasteiger charge is 2.00. The van der Waals surface area contributed by atoms with E-state index in [0.717, 1.165) is 18.7 Å². The first-order valence-electron chi connectivity index (χ1n) is 3.77. The Balaban J connectivity index is 3.66. The normalized spacial score (nSPS) is 11.4. The standard InChI is InChI=1S/C8H15NO2/c1-4-5-9-7(2)6-8(10)11-3/h4-6H2,1-3H3. The van der Waals surface area contributed by atoms with Crippen LogP contribution >= 0.6 is 0 Å². The third-order valence-electron chi connectivity index (χ3n) is 1.23. The van der Waals surface area contributed by atoms with E-state index in [0.29, 0.717) is 6.42 Å². The molecule has 0 aromatic carbocycles. The van der Waals surface area contributed by atoms with Gasteiger partial charge >= 0.3 is 5.97 Å². The maximum atomic E-state index is 10.7. The van der Waals surface area contributed by atoms with Crippen LogP contribution in [-0.4, -0.2) is 25.3 Å². The Morgan fingerprint density at radius 3 is 2.64 bits per heavy atom. The fraction of sp³-hybridized carbons (Fsp3) is 0.750. The van der Waals surface area contributed by atoms with Crippen molar-refractivity contribution in [1.82, 2.24) is 0 Å². The molecule has 3 nitrogen and oxygen atoms in total. The minimum atomic E-state index is -0.220. The van der Waals surface area contributed by atoms with Crippen molar-refractivity contribution < 1.29 is 9.53 Å². The third kappa shape index (κ3) is 5.58. The second-order valence-electron chi connectivity index (χ2n) is 2.37. The summed E-state index contributed by atoms with van der Waals surface area (Å²) in [5, 5.41) is 0. The molecular formula is C8H15NO2. The molecule has 0 aliphatic carbocycles. The quantitative estimate of drug-likeness (QED) is 0.457. The SMILES string of the molecule is CCCN=C(C)CC(=O)OC. The topological polar surface area (TPSA) is 38.7 Å². The summed E-state index contributed by atoms with van der Waals surface area (Å²) in [6, 6.07) is 0. The van der Waals surface area contributed by atoms with Crippen LogP contribution in [0.5, 0.6) is 0 Å². The van der Waals surface area contributed by atoms with Gasteiger partial charge in [0.1, 0.15) is 0 Å². The number of carbonyl (C=O) groups excluding carboxylic acids is 1. The fourth-order valence-electron chi connectivity index (χ4n) is 0.640. The number of nitrogens with zero attached hydrogens (tertiary/aromatic N) is 1. The van der Waals surface area contributed by atoms with Gasteiger partial charge < -0.3 is 4.74 Å². The molecule has 0 saturated carbocycles. The monoisotopic (exact) mass is 157 g/mol. The zero-order valence-electron chi connectivity index (χ0n) is 7.39. The molecule has 11 heavy (non-hydrogen) atoms. The van der Waals surface area contributed by atoms with E-state index in [1.54, 1.807) is 0 Å². The van der Waals surface area contributed by atoms with Gasteiger partial charge in [-0.05, 0) is 13.3 Å². The molecule has 0 bridgehead atoms. The Hall–Kier alpha value is -0.860. The van der Waals surface area contributed by atoms with Crippen molar-refractivity contribution in [3.05, 3.63) is 0 Å². The zero-order chi connectivity index (χ0) is 8.69. The molecule has 3 heteroatoms. The molecule has 0 unspecified atom stereocenters. The molecule has 0 aromatic heterocycles. The molecule has 0 amide bonds. The molecule has 0 fully saturated rings. The van der Waals surface area contributed by atoms with Crippen LogP contribution in [0.3, 0.4) is 0 Å². The first-order chi connectivity index (χ1) is 5.20. The van der Waals surface area contributed by atoms with Crippen LogP contribution in [-0.2, 0) is 9.53 Å². The molecule has 0 saturated heterocycles. The highest BCUT2D eigenvalue weighted by atomic mass is 16.5. The van der Waals surface area contributed by atoms with Gasteiger partial charge in [-0.15, -0.1) is 0 Å². The summed E-state index contributed by atoms with van der Waals surface area (Å²) in [5.41, 5.74) is 0.846. The number of methoxy groups -OCH3 is 1. The van der Waals surface area contributed by atoms with E-state index in [1.165, 1.54) is 7.11 Å². The lowest BCUT2D eigenvalue weighted by molar-refractivity contribution is -0.139. The maximum absolute atomic E-state index is 10.7. The Kier molecular flexibility index (Phi) is 5.43. The molecule has 0 aliphatic heterocycles. The molecular weight excluding hydrogens is 142 g/mol. The summed E-state index contributed by atoms with van der Waals surface area (Å²) in [5.74, 6) is -0.220. The number of carbonyl (C=O) groups is 1. The van der Waals surface area contributed by atoms with Gasteiger partial charge in [-0.1, -0.05) is 6.92 Å². The molecule has 0 aromatic rings. The Morgan fingerprint density at radius 1 is 1.55 bits per heavy atom. The van der Waals surface area contributed by atoms with Crippen molar-refractivity contribution in [2.24, 2.45) is 4.99 Å². The van der Waals surface area contributed by atoms with Crippen LogP contribution in [0, 0.1) is 0 Å². The Morgan fingerprint density at radius 2 is 2.18 bits per heavy atom. The summed E-state index contributed by atoms with van der Waals surface area (Å²) >= 11 is 0. The van der Waals surface area contributed by atoms with Gasteiger partial charge in [-0.2, -0.15) is 0 Å². The third-order valence-corrected chi connectivity index (χ3v) is 1.23. The van der Waals surface area contributed by atoms with Gasteiger partial charge in [0.05, 0.1) is 13.5 Å². The summed E-state index contributed by atoms with van der Waals surface area (Å²) in [6.07, 6.45) is 1.33. The molecule has 0 radical (unpaired) electrons. The van der Waals surface area contributed by atoms with Crippen LogP contribution in [0.1, 0.15) is 26.7 Å². The average molecular weight is 157 g/mol. The first-order valence-corrected chi connectivity index (χ1v) is 3.77. The van der Waals surface area contributed by atoms with Crippen molar-refractivity contribution >= 4 is 11.7 Å². The van der Waals surface area contributed by atoms with Gasteiger partial charge in [0.25, 0.3) is 0 Å². The molecule has 0 spiro atoms. The molecule has 0 N–H and O–H groups in total. The van der Waals surface area contributed by atoms with Gasteiger partial charge in [0.2, 0.25) is 0 Å². The number of aliphatic imine (C=N–C) groups is 1. The second-order valence-corrected chi connectivity index (χ2v) is 2.37. The van der Waals surface area contributed by atoms with Crippen LogP contribution in [0.15, 0.2) is 4.99 Å². The minimum Gasteiger partial charge on any atom is -0.469 e. The predicted octanol–water partition coefficient (Wildman–Crippen LogP) is 1.42. The Labute approximate surface area is 67.5 Å². The maximum Gasteiger partial charge on any atom is 0.311 e. The second kappa shape index (κ2) is 5.89. The number of hydrogen-bond donors (Lipinski definition) is 0. The van der Waals surface area contributed by atoms with E-state index in [1.807, 2.05) is 6.92 Å². The predicted molar refractivity (Wildman–Crippen MR) is 44.9 cm³/mol. The lowest BCUT2D eigenvalue weighted by Crippen LogP contribution is -2.06. The van der Waals surface area contributed by atoms with Gasteiger partial charge in [-0.3, -0.25) is 9.79 Å². The van der Waals surface area contributed by atoms with E-state index >= 15 is 0 Å². The smallest absolute Gasteiger partial charge is 0.311 e. The Bertz CT molecular complexity index is 152. The summed E-state index contributed by atoms with van der Waals surface area (Å²) in [4.78, 5) is 14.8. The molecule has 0 atom stereocenters. The van der Waals surface area contributed by atoms with E-state index < -0.39 is 0 Å².